The molecule has 0 aromatic heterocycles. The summed E-state index contributed by atoms with van der Waals surface area (Å²) < 4.78 is 0. The van der Waals surface area contributed by atoms with Crippen molar-refractivity contribution in [3.05, 3.63) is 42.4 Å². The molecule has 1 heteroatoms. The maximum absolute atomic E-state index is 3.16. The van der Waals surface area contributed by atoms with Crippen LogP contribution in [0.3, 0.4) is 0 Å². The Hall–Kier alpha value is -1.24. The SMILES string of the molecule is CC1=C[C]N(C)c2ccccc21. The van der Waals surface area contributed by atoms with Crippen LogP contribution in [0.25, 0.3) is 5.57 Å². The monoisotopic (exact) mass is 157 g/mol. The molecule has 0 atom stereocenters. The van der Waals surface area contributed by atoms with E-state index < -0.39 is 0 Å². The van der Waals surface area contributed by atoms with Crippen LogP contribution in [0.4, 0.5) is 5.69 Å². The van der Waals surface area contributed by atoms with Crippen LogP contribution in [-0.4, -0.2) is 7.05 Å². The highest BCUT2D eigenvalue weighted by Gasteiger charge is 2.12. The molecule has 1 nitrogen and oxygen atoms in total. The highest BCUT2D eigenvalue weighted by atomic mass is 15.1. The lowest BCUT2D eigenvalue weighted by Crippen LogP contribution is -2.16. The average molecular weight is 157 g/mol. The van der Waals surface area contributed by atoms with Gasteiger partial charge in [0.15, 0.2) is 0 Å². The average Bonchev–Trinajstić information content (AvgIpc) is 2.12. The lowest BCUT2D eigenvalue weighted by Gasteiger charge is -2.24. The third-order valence-corrected chi connectivity index (χ3v) is 2.16. The topological polar surface area (TPSA) is 3.24 Å². The van der Waals surface area contributed by atoms with Gasteiger partial charge < -0.3 is 4.90 Å². The summed E-state index contributed by atoms with van der Waals surface area (Å²) in [6.45, 7) is 5.27. The smallest absolute Gasteiger partial charge is 0.118 e. The molecule has 2 radical (unpaired) electrons. The molecule has 12 heavy (non-hydrogen) atoms. The molecule has 0 amide bonds. The molecule has 1 aliphatic rings. The normalized spacial score (nSPS) is 15.5. The number of nitrogens with zero attached hydrogens (tertiary/aromatic N) is 1. The van der Waals surface area contributed by atoms with Crippen molar-refractivity contribution >= 4 is 11.3 Å². The first-order valence-corrected chi connectivity index (χ1v) is 4.05. The summed E-state index contributed by atoms with van der Waals surface area (Å²) in [5, 5.41) is 0. The molecule has 0 unspecified atom stereocenters. The van der Waals surface area contributed by atoms with E-state index in [4.69, 9.17) is 0 Å². The van der Waals surface area contributed by atoms with Crippen molar-refractivity contribution in [2.24, 2.45) is 0 Å². The maximum atomic E-state index is 3.16. The summed E-state index contributed by atoms with van der Waals surface area (Å²) >= 11 is 0. The number of benzene rings is 1. The first kappa shape index (κ1) is 7.41. The summed E-state index contributed by atoms with van der Waals surface area (Å²) in [5.41, 5.74) is 3.82. The number of para-hydroxylation sites is 1. The zero-order chi connectivity index (χ0) is 8.55. The Morgan fingerprint density at radius 2 is 2.00 bits per heavy atom. The lowest BCUT2D eigenvalue weighted by atomic mass is 10.0. The first-order valence-electron chi connectivity index (χ1n) is 4.05. The standard InChI is InChI=1S/C11H11N/c1-9-7-8-12(2)11-6-4-3-5-10(9)11/h3-7H,1-2H3. The number of likely N-dealkylation sites (N-methyl/N-ethyl adjacent to an activating group) is 1. The Kier molecular flexibility index (Phi) is 1.65. The van der Waals surface area contributed by atoms with Crippen LogP contribution in [0.5, 0.6) is 0 Å². The predicted molar refractivity (Wildman–Crippen MR) is 51.7 cm³/mol. The van der Waals surface area contributed by atoms with Gasteiger partial charge in [0, 0.05) is 18.3 Å². The molecular formula is C11H11N. The van der Waals surface area contributed by atoms with Gasteiger partial charge in [-0.15, -0.1) is 0 Å². The molecule has 0 bridgehead atoms. The summed E-state index contributed by atoms with van der Waals surface area (Å²) in [6, 6.07) is 8.36. The first-order chi connectivity index (χ1) is 5.79. The molecule has 0 aliphatic carbocycles. The molecular weight excluding hydrogens is 146 g/mol. The number of fused-ring (bicyclic) bond motifs is 1. The Morgan fingerprint density at radius 1 is 1.25 bits per heavy atom. The molecule has 0 fully saturated rings. The van der Waals surface area contributed by atoms with Crippen molar-refractivity contribution in [3.8, 4) is 0 Å². The molecule has 60 valence electrons. The Balaban J connectivity index is 2.58. The molecule has 2 rings (SSSR count). The minimum Gasteiger partial charge on any atom is -0.360 e. The van der Waals surface area contributed by atoms with Gasteiger partial charge in [-0.05, 0) is 24.6 Å². The lowest BCUT2D eigenvalue weighted by molar-refractivity contribution is 1.11. The molecule has 1 aromatic carbocycles. The zero-order valence-electron chi connectivity index (χ0n) is 7.33. The summed E-state index contributed by atoms with van der Waals surface area (Å²) in [5.74, 6) is 0. The summed E-state index contributed by atoms with van der Waals surface area (Å²) in [4.78, 5) is 2.02. The van der Waals surface area contributed by atoms with Crippen molar-refractivity contribution in [2.75, 3.05) is 11.9 Å². The van der Waals surface area contributed by atoms with Gasteiger partial charge in [0.2, 0.25) is 0 Å². The van der Waals surface area contributed by atoms with E-state index in [1.807, 2.05) is 18.0 Å². The highest BCUT2D eigenvalue weighted by molar-refractivity contribution is 5.80. The van der Waals surface area contributed by atoms with Gasteiger partial charge >= 0.3 is 0 Å². The van der Waals surface area contributed by atoms with Crippen molar-refractivity contribution in [1.82, 2.24) is 0 Å². The van der Waals surface area contributed by atoms with E-state index in [2.05, 4.69) is 37.7 Å². The fourth-order valence-corrected chi connectivity index (χ4v) is 1.44. The number of rotatable bonds is 0. The molecule has 0 N–H and O–H groups in total. The molecule has 1 aromatic rings. The minimum absolute atomic E-state index is 1.23. The second-order valence-corrected chi connectivity index (χ2v) is 3.03. The van der Waals surface area contributed by atoms with Crippen molar-refractivity contribution in [2.45, 2.75) is 6.92 Å². The number of allylic oxidation sites excluding steroid dienone is 1. The third-order valence-electron chi connectivity index (χ3n) is 2.16. The fraction of sp³-hybridized carbons (Fsp3) is 0.182. The van der Waals surface area contributed by atoms with E-state index in [1.165, 1.54) is 16.8 Å². The zero-order valence-corrected chi connectivity index (χ0v) is 7.33. The van der Waals surface area contributed by atoms with Gasteiger partial charge in [0.25, 0.3) is 0 Å². The second-order valence-electron chi connectivity index (χ2n) is 3.03. The number of hydrogen-bond donors (Lipinski definition) is 0. The summed E-state index contributed by atoms with van der Waals surface area (Å²) in [7, 11) is 2.02. The van der Waals surface area contributed by atoms with Gasteiger partial charge in [-0.2, -0.15) is 0 Å². The molecule has 1 heterocycles. The third kappa shape index (κ3) is 1.02. The maximum Gasteiger partial charge on any atom is 0.118 e. The minimum atomic E-state index is 1.23. The Morgan fingerprint density at radius 3 is 2.75 bits per heavy atom. The Bertz CT molecular complexity index is 326. The van der Waals surface area contributed by atoms with Crippen LogP contribution < -0.4 is 4.90 Å². The largest absolute Gasteiger partial charge is 0.360 e. The van der Waals surface area contributed by atoms with Gasteiger partial charge in [0.1, 0.15) is 6.54 Å². The van der Waals surface area contributed by atoms with Gasteiger partial charge in [-0.25, -0.2) is 0 Å². The van der Waals surface area contributed by atoms with Crippen molar-refractivity contribution in [3.63, 3.8) is 0 Å². The van der Waals surface area contributed by atoms with Crippen LogP contribution in [0.2, 0.25) is 0 Å². The number of anilines is 1. The van der Waals surface area contributed by atoms with Crippen LogP contribution in [0, 0.1) is 6.54 Å². The quantitative estimate of drug-likeness (QED) is 0.559. The second kappa shape index (κ2) is 2.67. The molecule has 0 saturated heterocycles. The summed E-state index contributed by atoms with van der Waals surface area (Å²) in [6.07, 6.45) is 2.02. The Labute approximate surface area is 73.3 Å². The van der Waals surface area contributed by atoms with Crippen molar-refractivity contribution in [1.29, 1.82) is 0 Å². The number of hydrogen-bond acceptors (Lipinski definition) is 1. The highest BCUT2D eigenvalue weighted by Crippen LogP contribution is 2.30. The molecule has 0 saturated carbocycles. The molecule has 1 aliphatic heterocycles. The van der Waals surface area contributed by atoms with Gasteiger partial charge in [0.05, 0.1) is 0 Å². The van der Waals surface area contributed by atoms with E-state index >= 15 is 0 Å². The van der Waals surface area contributed by atoms with E-state index in [9.17, 15) is 0 Å². The van der Waals surface area contributed by atoms with Crippen LogP contribution in [-0.2, 0) is 0 Å². The van der Waals surface area contributed by atoms with E-state index in [0.717, 1.165) is 0 Å². The van der Waals surface area contributed by atoms with Gasteiger partial charge in [-0.3, -0.25) is 0 Å². The van der Waals surface area contributed by atoms with Crippen molar-refractivity contribution < 1.29 is 0 Å². The van der Waals surface area contributed by atoms with Crippen LogP contribution in [0.1, 0.15) is 12.5 Å². The van der Waals surface area contributed by atoms with E-state index in [0.29, 0.717) is 0 Å². The van der Waals surface area contributed by atoms with E-state index in [1.54, 1.807) is 0 Å². The van der Waals surface area contributed by atoms with Crippen LogP contribution in [0.15, 0.2) is 30.3 Å². The van der Waals surface area contributed by atoms with E-state index in [-0.39, 0.29) is 0 Å². The predicted octanol–water partition coefficient (Wildman–Crippen LogP) is 2.58. The van der Waals surface area contributed by atoms with Gasteiger partial charge in [-0.1, -0.05) is 18.2 Å². The fourth-order valence-electron chi connectivity index (χ4n) is 1.44. The van der Waals surface area contributed by atoms with Crippen LogP contribution >= 0.6 is 0 Å². The molecule has 0 spiro atoms.